The predicted octanol–water partition coefficient (Wildman–Crippen LogP) is 2.60. The standard InChI is InChI=1S/C19H30N6O/c1-3-4-13(2)26-18-23-16(20)17-22-12-15(25(17)24-18)9-14-10-19(11-14)5-7-21-8-6-19/h12-14,21H,3-11H2,1-2H3,(H2,20,23,24). The van der Waals surface area contributed by atoms with Gasteiger partial charge in [-0.05, 0) is 69.9 Å². The fourth-order valence-electron chi connectivity index (χ4n) is 4.73. The van der Waals surface area contributed by atoms with Crippen LogP contribution in [0.15, 0.2) is 6.20 Å². The monoisotopic (exact) mass is 358 g/mol. The topological polar surface area (TPSA) is 90.4 Å². The average Bonchev–Trinajstić information content (AvgIpc) is 2.98. The van der Waals surface area contributed by atoms with Crippen LogP contribution in [0, 0.1) is 11.3 Å². The van der Waals surface area contributed by atoms with Crippen molar-refractivity contribution in [1.82, 2.24) is 24.9 Å². The maximum Gasteiger partial charge on any atom is 0.336 e. The molecule has 3 N–H and O–H groups in total. The molecule has 0 aromatic carbocycles. The maximum absolute atomic E-state index is 6.09. The molecule has 3 heterocycles. The Labute approximate surface area is 154 Å². The van der Waals surface area contributed by atoms with Gasteiger partial charge in [0.25, 0.3) is 0 Å². The van der Waals surface area contributed by atoms with Crippen LogP contribution in [-0.4, -0.2) is 38.8 Å². The first-order valence-corrected chi connectivity index (χ1v) is 9.96. The van der Waals surface area contributed by atoms with Crippen molar-refractivity contribution in [2.75, 3.05) is 18.8 Å². The van der Waals surface area contributed by atoms with Gasteiger partial charge in [-0.25, -0.2) is 9.50 Å². The first-order valence-electron chi connectivity index (χ1n) is 9.96. The van der Waals surface area contributed by atoms with Gasteiger partial charge in [-0.3, -0.25) is 0 Å². The van der Waals surface area contributed by atoms with Crippen LogP contribution in [-0.2, 0) is 6.42 Å². The number of anilines is 1. The molecule has 2 aromatic rings. The minimum atomic E-state index is 0.0789. The van der Waals surface area contributed by atoms with Gasteiger partial charge in [-0.15, -0.1) is 5.10 Å². The summed E-state index contributed by atoms with van der Waals surface area (Å²) in [7, 11) is 0. The van der Waals surface area contributed by atoms with E-state index in [1.807, 2.05) is 17.6 Å². The molecule has 2 aromatic heterocycles. The van der Waals surface area contributed by atoms with Crippen molar-refractivity contribution >= 4 is 11.5 Å². The second kappa shape index (κ2) is 7.02. The molecule has 0 radical (unpaired) electrons. The summed E-state index contributed by atoms with van der Waals surface area (Å²) in [5, 5.41) is 8.04. The van der Waals surface area contributed by atoms with Crippen molar-refractivity contribution in [3.05, 3.63) is 11.9 Å². The minimum absolute atomic E-state index is 0.0789. The van der Waals surface area contributed by atoms with Crippen LogP contribution in [0.25, 0.3) is 5.65 Å². The lowest BCUT2D eigenvalue weighted by Gasteiger charge is -2.50. The van der Waals surface area contributed by atoms with Crippen LogP contribution >= 0.6 is 0 Å². The smallest absolute Gasteiger partial charge is 0.336 e. The molecule has 2 aliphatic rings. The van der Waals surface area contributed by atoms with Crippen LogP contribution < -0.4 is 15.8 Å². The van der Waals surface area contributed by atoms with Gasteiger partial charge in [0, 0.05) is 0 Å². The molecule has 26 heavy (non-hydrogen) atoms. The van der Waals surface area contributed by atoms with Gasteiger partial charge in [0.2, 0.25) is 0 Å². The molecule has 4 rings (SSSR count). The Balaban J connectivity index is 1.48. The SMILES string of the molecule is CCCC(C)Oc1nc(N)c2ncc(CC3CC4(CCNCC4)C3)n2n1. The molecule has 1 aliphatic heterocycles. The van der Waals surface area contributed by atoms with Crippen LogP contribution in [0.4, 0.5) is 5.82 Å². The van der Waals surface area contributed by atoms with Gasteiger partial charge in [0.05, 0.1) is 18.0 Å². The zero-order valence-corrected chi connectivity index (χ0v) is 15.9. The van der Waals surface area contributed by atoms with Gasteiger partial charge in [0.1, 0.15) is 0 Å². The number of piperidine rings is 1. The third kappa shape index (κ3) is 3.37. The second-order valence-corrected chi connectivity index (χ2v) is 8.21. The first-order chi connectivity index (χ1) is 12.6. The largest absolute Gasteiger partial charge is 0.459 e. The van der Waals surface area contributed by atoms with Crippen LogP contribution in [0.2, 0.25) is 0 Å². The number of nitrogen functional groups attached to an aromatic ring is 1. The van der Waals surface area contributed by atoms with E-state index in [9.17, 15) is 0 Å². The number of nitrogens with two attached hydrogens (primary N) is 1. The van der Waals surface area contributed by atoms with Crippen LogP contribution in [0.1, 0.15) is 58.1 Å². The first kappa shape index (κ1) is 17.5. The molecule has 1 unspecified atom stereocenters. The summed E-state index contributed by atoms with van der Waals surface area (Å²) in [4.78, 5) is 8.71. The predicted molar refractivity (Wildman–Crippen MR) is 101 cm³/mol. The lowest BCUT2D eigenvalue weighted by molar-refractivity contribution is 0.0214. The zero-order valence-electron chi connectivity index (χ0n) is 15.9. The number of nitrogens with zero attached hydrogens (tertiary/aromatic N) is 4. The maximum atomic E-state index is 6.09. The van der Waals surface area contributed by atoms with Gasteiger partial charge < -0.3 is 15.8 Å². The van der Waals surface area contributed by atoms with Gasteiger partial charge in [-0.1, -0.05) is 13.3 Å². The summed E-state index contributed by atoms with van der Waals surface area (Å²) in [5.41, 5.74) is 8.42. The molecule has 7 heteroatoms. The van der Waals surface area contributed by atoms with Crippen molar-refractivity contribution in [2.24, 2.45) is 11.3 Å². The van der Waals surface area contributed by atoms with Crippen molar-refractivity contribution in [2.45, 2.75) is 64.9 Å². The quantitative estimate of drug-likeness (QED) is 0.825. The van der Waals surface area contributed by atoms with E-state index in [0.29, 0.717) is 28.8 Å². The van der Waals surface area contributed by atoms with E-state index in [-0.39, 0.29) is 6.10 Å². The number of nitrogens with one attached hydrogen (secondary N) is 1. The molecule has 1 saturated heterocycles. The highest BCUT2D eigenvalue weighted by atomic mass is 16.5. The van der Waals surface area contributed by atoms with E-state index in [0.717, 1.165) is 25.0 Å². The summed E-state index contributed by atoms with van der Waals surface area (Å²) in [6, 6.07) is 0.346. The van der Waals surface area contributed by atoms with Crippen molar-refractivity contribution in [1.29, 1.82) is 0 Å². The van der Waals surface area contributed by atoms with E-state index in [4.69, 9.17) is 10.5 Å². The Morgan fingerprint density at radius 2 is 2.15 bits per heavy atom. The third-order valence-corrected chi connectivity index (χ3v) is 6.05. The summed E-state index contributed by atoms with van der Waals surface area (Å²) in [6.07, 6.45) is 10.3. The zero-order chi connectivity index (χ0) is 18.1. The number of aromatic nitrogens is 4. The summed E-state index contributed by atoms with van der Waals surface area (Å²) < 4.78 is 7.68. The lowest BCUT2D eigenvalue weighted by Crippen LogP contribution is -2.46. The fraction of sp³-hybridized carbons (Fsp3) is 0.737. The number of hydrogen-bond donors (Lipinski definition) is 2. The molecule has 1 saturated carbocycles. The van der Waals surface area contributed by atoms with E-state index >= 15 is 0 Å². The fourth-order valence-corrected chi connectivity index (χ4v) is 4.73. The molecule has 1 spiro atoms. The van der Waals surface area contributed by atoms with Crippen molar-refractivity contribution < 1.29 is 4.74 Å². The van der Waals surface area contributed by atoms with Gasteiger partial charge in [0.15, 0.2) is 11.5 Å². The number of imidazole rings is 1. The molecule has 1 atom stereocenters. The Morgan fingerprint density at radius 3 is 2.88 bits per heavy atom. The molecule has 142 valence electrons. The van der Waals surface area contributed by atoms with Crippen molar-refractivity contribution in [3.8, 4) is 6.01 Å². The number of rotatable bonds is 6. The Hall–Kier alpha value is -1.89. The van der Waals surface area contributed by atoms with E-state index < -0.39 is 0 Å². The van der Waals surface area contributed by atoms with Gasteiger partial charge >= 0.3 is 6.01 Å². The van der Waals surface area contributed by atoms with Crippen LogP contribution in [0.3, 0.4) is 0 Å². The summed E-state index contributed by atoms with van der Waals surface area (Å²) >= 11 is 0. The summed E-state index contributed by atoms with van der Waals surface area (Å²) in [5.74, 6) is 1.10. The highest BCUT2D eigenvalue weighted by Gasteiger charge is 2.44. The molecule has 0 amide bonds. The molecule has 2 fully saturated rings. The molecule has 1 aliphatic carbocycles. The minimum Gasteiger partial charge on any atom is -0.459 e. The molecular formula is C19H30N6O. The second-order valence-electron chi connectivity index (χ2n) is 8.21. The normalized spacial score (nSPS) is 21.0. The lowest BCUT2D eigenvalue weighted by atomic mass is 9.57. The number of hydrogen-bond acceptors (Lipinski definition) is 6. The Kier molecular flexibility index (Phi) is 4.73. The van der Waals surface area contributed by atoms with Gasteiger partial charge in [-0.2, -0.15) is 4.98 Å². The average molecular weight is 358 g/mol. The molecule has 7 nitrogen and oxygen atoms in total. The highest BCUT2D eigenvalue weighted by Crippen LogP contribution is 2.52. The highest BCUT2D eigenvalue weighted by molar-refractivity contribution is 5.59. The Bertz CT molecular complexity index is 759. The number of fused-ring (bicyclic) bond motifs is 1. The van der Waals surface area contributed by atoms with Crippen molar-refractivity contribution in [3.63, 3.8) is 0 Å². The van der Waals surface area contributed by atoms with E-state index in [1.165, 1.54) is 38.8 Å². The summed E-state index contributed by atoms with van der Waals surface area (Å²) in [6.45, 7) is 6.51. The van der Waals surface area contributed by atoms with E-state index in [2.05, 4.69) is 27.3 Å². The molecular weight excluding hydrogens is 328 g/mol. The number of ether oxygens (including phenoxy) is 1. The van der Waals surface area contributed by atoms with Crippen LogP contribution in [0.5, 0.6) is 6.01 Å². The molecule has 0 bridgehead atoms. The van der Waals surface area contributed by atoms with E-state index in [1.54, 1.807) is 0 Å². The Morgan fingerprint density at radius 1 is 1.38 bits per heavy atom. The third-order valence-electron chi connectivity index (χ3n) is 6.05.